The van der Waals surface area contributed by atoms with Gasteiger partial charge in [0.05, 0.1) is 11.3 Å². The molecule has 0 spiro atoms. The van der Waals surface area contributed by atoms with Crippen LogP contribution in [0.4, 0.5) is 0 Å². The number of rotatable bonds is 3. The predicted molar refractivity (Wildman–Crippen MR) is 116 cm³/mol. The van der Waals surface area contributed by atoms with E-state index in [1.54, 1.807) is 0 Å². The fourth-order valence-corrected chi connectivity index (χ4v) is 4.65. The zero-order valence-electron chi connectivity index (χ0n) is 17.0. The molecule has 1 aliphatic rings. The van der Waals surface area contributed by atoms with E-state index in [0.29, 0.717) is 6.54 Å². The number of hydrogen-bond acceptors (Lipinski definition) is 4. The van der Waals surface area contributed by atoms with Gasteiger partial charge in [-0.1, -0.05) is 50.6 Å². The monoisotopic (exact) mass is 393 g/mol. The number of aromatic amines is 1. The Morgan fingerprint density at radius 2 is 2.04 bits per heavy atom. The summed E-state index contributed by atoms with van der Waals surface area (Å²) in [4.78, 5) is 25.4. The van der Waals surface area contributed by atoms with E-state index in [1.807, 2.05) is 11.3 Å². The first-order valence-corrected chi connectivity index (χ1v) is 10.6. The fourth-order valence-electron chi connectivity index (χ4n) is 3.61. The Bertz CT molecular complexity index is 1060. The van der Waals surface area contributed by atoms with Crippen molar-refractivity contribution < 1.29 is 0 Å². The van der Waals surface area contributed by atoms with Crippen molar-refractivity contribution in [2.45, 2.75) is 52.6 Å². The summed E-state index contributed by atoms with van der Waals surface area (Å²) in [6.45, 7) is 10.8. The summed E-state index contributed by atoms with van der Waals surface area (Å²) in [5.74, 6) is 0.783. The molecule has 4 rings (SSSR count). The number of benzene rings is 1. The van der Waals surface area contributed by atoms with Crippen molar-refractivity contribution in [3.05, 3.63) is 74.3 Å². The summed E-state index contributed by atoms with van der Waals surface area (Å²) < 4.78 is 0. The summed E-state index contributed by atoms with van der Waals surface area (Å²) >= 11 is 1.84. The Hall–Kier alpha value is -2.24. The Kier molecular flexibility index (Phi) is 4.98. The van der Waals surface area contributed by atoms with Gasteiger partial charge in [0.15, 0.2) is 0 Å². The number of hydrogen-bond donors (Lipinski definition) is 1. The van der Waals surface area contributed by atoms with Crippen LogP contribution in [0.1, 0.15) is 48.3 Å². The van der Waals surface area contributed by atoms with Gasteiger partial charge < -0.3 is 4.98 Å². The summed E-state index contributed by atoms with van der Waals surface area (Å²) in [7, 11) is 0. The van der Waals surface area contributed by atoms with Crippen LogP contribution in [-0.4, -0.2) is 21.4 Å². The fraction of sp³-hybridized carbons (Fsp3) is 0.391. The van der Waals surface area contributed by atoms with Crippen molar-refractivity contribution in [2.24, 2.45) is 0 Å². The lowest BCUT2D eigenvalue weighted by Crippen LogP contribution is -2.36. The van der Waals surface area contributed by atoms with Crippen molar-refractivity contribution in [2.75, 3.05) is 6.54 Å². The maximum Gasteiger partial charge on any atom is 0.255 e. The topological polar surface area (TPSA) is 49.0 Å². The highest BCUT2D eigenvalue weighted by Gasteiger charge is 2.25. The molecule has 5 heteroatoms. The van der Waals surface area contributed by atoms with Crippen LogP contribution in [0.15, 0.2) is 41.2 Å². The molecule has 4 nitrogen and oxygen atoms in total. The van der Waals surface area contributed by atoms with Crippen molar-refractivity contribution in [3.8, 4) is 10.4 Å². The van der Waals surface area contributed by atoms with Crippen LogP contribution in [0.3, 0.4) is 0 Å². The SMILES string of the molecule is Cc1cccc(-c2ccc(CN3CCc4nc(C(C)(C)C)[nH]c(=O)c4C3)s2)c1. The van der Waals surface area contributed by atoms with Crippen LogP contribution in [-0.2, 0) is 24.9 Å². The molecule has 0 amide bonds. The van der Waals surface area contributed by atoms with E-state index in [1.165, 1.54) is 20.9 Å². The first-order valence-electron chi connectivity index (χ1n) is 9.80. The van der Waals surface area contributed by atoms with E-state index in [0.717, 1.165) is 36.6 Å². The molecule has 1 aliphatic heterocycles. The molecule has 0 saturated carbocycles. The maximum atomic E-state index is 12.6. The molecule has 0 aliphatic carbocycles. The second-order valence-corrected chi connectivity index (χ2v) is 9.85. The summed E-state index contributed by atoms with van der Waals surface area (Å²) in [6, 6.07) is 13.0. The third-order valence-electron chi connectivity index (χ3n) is 5.20. The van der Waals surface area contributed by atoms with Crippen molar-refractivity contribution in [3.63, 3.8) is 0 Å². The van der Waals surface area contributed by atoms with Crippen LogP contribution < -0.4 is 5.56 Å². The molecular weight excluding hydrogens is 366 g/mol. The molecule has 0 fully saturated rings. The van der Waals surface area contributed by atoms with E-state index in [2.05, 4.69) is 74.0 Å². The molecule has 0 unspecified atom stereocenters. The number of nitrogens with zero attached hydrogens (tertiary/aromatic N) is 2. The van der Waals surface area contributed by atoms with Crippen LogP contribution in [0.5, 0.6) is 0 Å². The first-order chi connectivity index (χ1) is 13.3. The Morgan fingerprint density at radius 1 is 1.21 bits per heavy atom. The quantitative estimate of drug-likeness (QED) is 0.704. The summed E-state index contributed by atoms with van der Waals surface area (Å²) in [5.41, 5.74) is 4.23. The van der Waals surface area contributed by atoms with Crippen molar-refractivity contribution >= 4 is 11.3 Å². The molecule has 0 radical (unpaired) electrons. The largest absolute Gasteiger partial charge is 0.310 e. The predicted octanol–water partition coefficient (Wildman–Crippen LogP) is 4.66. The second kappa shape index (κ2) is 7.30. The van der Waals surface area contributed by atoms with Gasteiger partial charge in [0.2, 0.25) is 0 Å². The lowest BCUT2D eigenvalue weighted by molar-refractivity contribution is 0.243. The zero-order valence-corrected chi connectivity index (χ0v) is 17.8. The van der Waals surface area contributed by atoms with Crippen LogP contribution in [0, 0.1) is 6.92 Å². The highest BCUT2D eigenvalue weighted by Crippen LogP contribution is 2.30. The van der Waals surface area contributed by atoms with Gasteiger partial charge in [-0.2, -0.15) is 0 Å². The van der Waals surface area contributed by atoms with Crippen LogP contribution in [0.2, 0.25) is 0 Å². The molecule has 1 aromatic carbocycles. The first kappa shape index (κ1) is 19.1. The van der Waals surface area contributed by atoms with Crippen LogP contribution in [0.25, 0.3) is 10.4 Å². The van der Waals surface area contributed by atoms with Gasteiger partial charge in [-0.3, -0.25) is 9.69 Å². The molecule has 0 bridgehead atoms. The Morgan fingerprint density at radius 3 is 2.79 bits per heavy atom. The molecular formula is C23H27N3OS. The van der Waals surface area contributed by atoms with Gasteiger partial charge >= 0.3 is 0 Å². The lowest BCUT2D eigenvalue weighted by Gasteiger charge is -2.28. The van der Waals surface area contributed by atoms with Crippen LogP contribution >= 0.6 is 11.3 Å². The standard InChI is InChI=1S/C23H27N3OS/c1-15-6-5-7-16(12-15)20-9-8-17(28-20)13-26-11-10-19-18(14-26)21(27)25-22(24-19)23(2,3)4/h5-9,12H,10-11,13-14H2,1-4H3,(H,24,25,27). The van der Waals surface area contributed by atoms with E-state index in [-0.39, 0.29) is 11.0 Å². The Balaban J connectivity index is 1.51. The number of H-pyrrole nitrogens is 1. The van der Waals surface area contributed by atoms with Gasteiger partial charge in [-0.05, 0) is 24.6 Å². The third kappa shape index (κ3) is 3.96. The molecule has 0 saturated heterocycles. The minimum Gasteiger partial charge on any atom is -0.310 e. The zero-order chi connectivity index (χ0) is 19.9. The lowest BCUT2D eigenvalue weighted by atomic mass is 9.95. The van der Waals surface area contributed by atoms with Gasteiger partial charge in [-0.15, -0.1) is 11.3 Å². The van der Waals surface area contributed by atoms with Gasteiger partial charge in [0, 0.05) is 41.2 Å². The number of nitrogens with one attached hydrogen (secondary N) is 1. The molecule has 3 heterocycles. The average Bonchev–Trinajstić information content (AvgIpc) is 3.10. The minimum atomic E-state index is -0.144. The number of thiophene rings is 1. The summed E-state index contributed by atoms with van der Waals surface area (Å²) in [6.07, 6.45) is 0.832. The normalized spacial score (nSPS) is 14.9. The van der Waals surface area contributed by atoms with Gasteiger partial charge in [-0.25, -0.2) is 4.98 Å². The van der Waals surface area contributed by atoms with Gasteiger partial charge in [0.25, 0.3) is 5.56 Å². The minimum absolute atomic E-state index is 0.0197. The van der Waals surface area contributed by atoms with Gasteiger partial charge in [0.1, 0.15) is 5.82 Å². The van der Waals surface area contributed by atoms with E-state index in [4.69, 9.17) is 4.98 Å². The number of aromatic nitrogens is 2. The second-order valence-electron chi connectivity index (χ2n) is 8.69. The molecule has 1 N–H and O–H groups in total. The van der Waals surface area contributed by atoms with E-state index in [9.17, 15) is 4.79 Å². The maximum absolute atomic E-state index is 12.6. The summed E-state index contributed by atoms with van der Waals surface area (Å²) in [5, 5.41) is 0. The highest BCUT2D eigenvalue weighted by atomic mass is 32.1. The number of fused-ring (bicyclic) bond motifs is 1. The number of aryl methyl sites for hydroxylation is 1. The average molecular weight is 394 g/mol. The molecule has 0 atom stereocenters. The molecule has 2 aromatic heterocycles. The van der Waals surface area contributed by atoms with E-state index < -0.39 is 0 Å². The molecule has 3 aromatic rings. The van der Waals surface area contributed by atoms with Crippen molar-refractivity contribution in [1.82, 2.24) is 14.9 Å². The van der Waals surface area contributed by atoms with E-state index >= 15 is 0 Å². The molecule has 28 heavy (non-hydrogen) atoms. The molecule has 146 valence electrons. The van der Waals surface area contributed by atoms with Crippen molar-refractivity contribution in [1.29, 1.82) is 0 Å². The third-order valence-corrected chi connectivity index (χ3v) is 6.32. The Labute approximate surface area is 170 Å². The smallest absolute Gasteiger partial charge is 0.255 e. The highest BCUT2D eigenvalue weighted by molar-refractivity contribution is 7.15.